The maximum Gasteiger partial charge on any atom is 0.308 e. The van der Waals surface area contributed by atoms with Gasteiger partial charge in [0, 0.05) is 17.6 Å². The summed E-state index contributed by atoms with van der Waals surface area (Å²) in [6.45, 7) is 0.261. The summed E-state index contributed by atoms with van der Waals surface area (Å²) in [6.07, 6.45) is 1.22. The summed E-state index contributed by atoms with van der Waals surface area (Å²) >= 11 is 1.53. The number of carbonyl (C=O) groups is 3. The molecular weight excluding hydrogens is 432 g/mol. The van der Waals surface area contributed by atoms with Gasteiger partial charge in [0.2, 0.25) is 5.91 Å². The van der Waals surface area contributed by atoms with Crippen molar-refractivity contribution >= 4 is 34.8 Å². The number of anilines is 1. The number of hydrogen-bond acceptors (Lipinski definition) is 7. The average molecular weight is 459 g/mol. The molecule has 1 saturated heterocycles. The molecule has 170 valence electrons. The first kappa shape index (κ1) is 22.3. The van der Waals surface area contributed by atoms with Crippen LogP contribution in [0.15, 0.2) is 35.7 Å². The van der Waals surface area contributed by atoms with Crippen LogP contribution in [0.4, 0.5) is 5.69 Å². The fourth-order valence-corrected chi connectivity index (χ4v) is 4.85. The Balaban J connectivity index is 1.48. The monoisotopic (exact) mass is 458 g/mol. The molecule has 9 heteroatoms. The van der Waals surface area contributed by atoms with Gasteiger partial charge in [0.05, 0.1) is 37.7 Å². The molecule has 0 spiro atoms. The van der Waals surface area contributed by atoms with E-state index in [0.29, 0.717) is 29.8 Å². The quantitative estimate of drug-likeness (QED) is 0.693. The topological polar surface area (TPSA) is 94.2 Å². The molecule has 0 aliphatic carbocycles. The number of methoxy groups -OCH3 is 1. The molecule has 1 fully saturated rings. The highest BCUT2D eigenvalue weighted by atomic mass is 32.1. The van der Waals surface area contributed by atoms with Crippen LogP contribution >= 0.6 is 11.3 Å². The Bertz CT molecular complexity index is 992. The fraction of sp³-hybridized carbons (Fsp3) is 0.435. The van der Waals surface area contributed by atoms with Crippen molar-refractivity contribution in [3.63, 3.8) is 0 Å². The number of ether oxygens (including phenoxy) is 3. The van der Waals surface area contributed by atoms with Crippen molar-refractivity contribution in [1.29, 1.82) is 0 Å². The first-order valence-electron chi connectivity index (χ1n) is 10.5. The molecule has 2 aliphatic heterocycles. The lowest BCUT2D eigenvalue weighted by atomic mass is 9.94. The van der Waals surface area contributed by atoms with Gasteiger partial charge in [-0.1, -0.05) is 6.07 Å². The number of carbonyl (C=O) groups excluding carboxylic acids is 3. The molecule has 2 aromatic rings. The van der Waals surface area contributed by atoms with Crippen LogP contribution in [0.3, 0.4) is 0 Å². The zero-order chi connectivity index (χ0) is 22.7. The third kappa shape index (κ3) is 4.94. The number of nitrogens with one attached hydrogen (secondary N) is 1. The molecule has 32 heavy (non-hydrogen) atoms. The van der Waals surface area contributed by atoms with Crippen LogP contribution < -0.4 is 10.1 Å². The van der Waals surface area contributed by atoms with Crippen LogP contribution in [-0.2, 0) is 25.5 Å². The number of esters is 1. The number of thiophene rings is 1. The molecule has 1 N–H and O–H groups in total. The Kier molecular flexibility index (Phi) is 6.76. The molecular formula is C23H26N2O6S. The minimum absolute atomic E-state index is 0.141. The van der Waals surface area contributed by atoms with Gasteiger partial charge in [-0.3, -0.25) is 14.4 Å². The van der Waals surface area contributed by atoms with Crippen molar-refractivity contribution < 1.29 is 28.6 Å². The summed E-state index contributed by atoms with van der Waals surface area (Å²) in [5.41, 5.74) is 0.947. The van der Waals surface area contributed by atoms with Gasteiger partial charge < -0.3 is 24.4 Å². The maximum absolute atomic E-state index is 13.2. The predicted molar refractivity (Wildman–Crippen MR) is 119 cm³/mol. The van der Waals surface area contributed by atoms with Gasteiger partial charge in [-0.2, -0.15) is 0 Å². The number of likely N-dealkylation sites (N-methyl/N-ethyl adjacent to an activating group) is 1. The molecule has 4 rings (SSSR count). The summed E-state index contributed by atoms with van der Waals surface area (Å²) in [5, 5.41) is 4.79. The van der Waals surface area contributed by atoms with Crippen LogP contribution in [0.1, 0.15) is 34.5 Å². The molecule has 2 aliphatic rings. The van der Waals surface area contributed by atoms with E-state index in [1.54, 1.807) is 30.1 Å². The summed E-state index contributed by atoms with van der Waals surface area (Å²) in [4.78, 5) is 39.9. The molecule has 0 saturated carbocycles. The maximum atomic E-state index is 13.2. The summed E-state index contributed by atoms with van der Waals surface area (Å²) in [5.74, 6) is -0.213. The van der Waals surface area contributed by atoms with E-state index in [9.17, 15) is 14.4 Å². The lowest BCUT2D eigenvalue weighted by molar-refractivity contribution is -0.151. The number of benzene rings is 1. The minimum atomic E-state index is -0.342. The second-order valence-electron chi connectivity index (χ2n) is 7.96. The highest BCUT2D eigenvalue weighted by molar-refractivity contribution is 7.10. The normalized spacial score (nSPS) is 22.6. The van der Waals surface area contributed by atoms with Gasteiger partial charge >= 0.3 is 5.97 Å². The van der Waals surface area contributed by atoms with Crippen molar-refractivity contribution in [2.24, 2.45) is 0 Å². The molecule has 3 heterocycles. The van der Waals surface area contributed by atoms with Crippen LogP contribution in [0, 0.1) is 0 Å². The molecule has 2 amide bonds. The Hall–Kier alpha value is -2.91. The van der Waals surface area contributed by atoms with Gasteiger partial charge in [0.25, 0.3) is 5.91 Å². The number of fused-ring (bicyclic) bond motifs is 2. The van der Waals surface area contributed by atoms with E-state index < -0.39 is 0 Å². The molecule has 0 bridgehead atoms. The lowest BCUT2D eigenvalue weighted by Crippen LogP contribution is -2.53. The van der Waals surface area contributed by atoms with E-state index in [-0.39, 0.29) is 55.5 Å². The van der Waals surface area contributed by atoms with Crippen molar-refractivity contribution in [3.8, 4) is 5.75 Å². The highest BCUT2D eigenvalue weighted by Gasteiger charge is 2.39. The van der Waals surface area contributed by atoms with Crippen molar-refractivity contribution in [2.75, 3.05) is 26.1 Å². The predicted octanol–water partition coefficient (Wildman–Crippen LogP) is 2.87. The average Bonchev–Trinajstić information content (AvgIpc) is 3.29. The van der Waals surface area contributed by atoms with E-state index in [1.807, 2.05) is 17.5 Å². The van der Waals surface area contributed by atoms with Crippen LogP contribution in [0.5, 0.6) is 5.75 Å². The number of hydrogen-bond donors (Lipinski definition) is 1. The minimum Gasteiger partial charge on any atom is -0.490 e. The second-order valence-corrected chi connectivity index (χ2v) is 9.00. The van der Waals surface area contributed by atoms with Crippen LogP contribution in [0.2, 0.25) is 0 Å². The molecule has 0 unspecified atom stereocenters. The van der Waals surface area contributed by atoms with Crippen LogP contribution in [0.25, 0.3) is 0 Å². The van der Waals surface area contributed by atoms with E-state index in [0.717, 1.165) is 4.88 Å². The van der Waals surface area contributed by atoms with Gasteiger partial charge in [-0.15, -0.1) is 11.3 Å². The zero-order valence-corrected chi connectivity index (χ0v) is 18.9. The summed E-state index contributed by atoms with van der Waals surface area (Å²) < 4.78 is 16.8. The van der Waals surface area contributed by atoms with E-state index >= 15 is 0 Å². The molecule has 0 radical (unpaired) electrons. The van der Waals surface area contributed by atoms with E-state index in [1.165, 1.54) is 18.4 Å². The fourth-order valence-electron chi connectivity index (χ4n) is 4.15. The largest absolute Gasteiger partial charge is 0.490 e. The number of rotatable bonds is 5. The number of amides is 2. The van der Waals surface area contributed by atoms with Gasteiger partial charge in [0.15, 0.2) is 0 Å². The van der Waals surface area contributed by atoms with Crippen molar-refractivity contribution in [2.45, 2.75) is 43.9 Å². The number of nitrogens with zero attached hydrogens (tertiary/aromatic N) is 1. The molecule has 8 nitrogen and oxygen atoms in total. The highest BCUT2D eigenvalue weighted by Crippen LogP contribution is 2.32. The standard InChI is InChI=1S/C23H26N2O6S/c1-25-18-7-6-15(11-22(27)29-2)31-20(18)13-30-19-8-5-14(10-17(19)23(25)28)24-21(26)12-16-4-3-9-32-16/h3-5,8-10,15,18,20H,6-7,11-13H2,1-2H3,(H,24,26)/t15-,18+,20+/m0/s1. The Morgan fingerprint density at radius 2 is 2.12 bits per heavy atom. The third-order valence-corrected chi connectivity index (χ3v) is 6.71. The molecule has 1 aromatic heterocycles. The van der Waals surface area contributed by atoms with Crippen LogP contribution in [-0.4, -0.2) is 61.7 Å². The van der Waals surface area contributed by atoms with E-state index in [2.05, 4.69) is 5.32 Å². The Morgan fingerprint density at radius 1 is 1.28 bits per heavy atom. The second kappa shape index (κ2) is 9.70. The first-order chi connectivity index (χ1) is 15.4. The summed E-state index contributed by atoms with van der Waals surface area (Å²) in [6, 6.07) is 8.72. The molecule has 1 aromatic carbocycles. The molecule has 3 atom stereocenters. The SMILES string of the molecule is COC(=O)C[C@@H]1CC[C@@H]2[C@@H](COc3ccc(NC(=O)Cc4cccs4)cc3C(=O)N2C)O1. The van der Waals surface area contributed by atoms with Gasteiger partial charge in [0.1, 0.15) is 18.5 Å². The zero-order valence-electron chi connectivity index (χ0n) is 18.0. The van der Waals surface area contributed by atoms with E-state index in [4.69, 9.17) is 14.2 Å². The van der Waals surface area contributed by atoms with Gasteiger partial charge in [-0.25, -0.2) is 0 Å². The van der Waals surface area contributed by atoms with Crippen molar-refractivity contribution in [3.05, 3.63) is 46.2 Å². The Labute approximate surface area is 190 Å². The van der Waals surface area contributed by atoms with Gasteiger partial charge in [-0.05, 0) is 42.5 Å². The summed E-state index contributed by atoms with van der Waals surface area (Å²) in [7, 11) is 3.11. The van der Waals surface area contributed by atoms with Crippen molar-refractivity contribution in [1.82, 2.24) is 4.90 Å². The smallest absolute Gasteiger partial charge is 0.308 e. The third-order valence-electron chi connectivity index (χ3n) is 5.83. The lowest BCUT2D eigenvalue weighted by Gasteiger charge is -2.42. The first-order valence-corrected chi connectivity index (χ1v) is 11.4. The Morgan fingerprint density at radius 3 is 2.88 bits per heavy atom.